The average Bonchev–Trinajstić information content (AvgIpc) is 3.44. The van der Waals surface area contributed by atoms with Gasteiger partial charge in [-0.15, -0.1) is 23.5 Å². The molecule has 2 aromatic rings. The lowest BCUT2D eigenvalue weighted by atomic mass is 9.77. The van der Waals surface area contributed by atoms with E-state index in [0.717, 1.165) is 50.1 Å². The van der Waals surface area contributed by atoms with Crippen LogP contribution in [0.5, 0.6) is 11.5 Å². The van der Waals surface area contributed by atoms with E-state index in [1.165, 1.54) is 18.6 Å². The number of aromatic hydroxyl groups is 2. The van der Waals surface area contributed by atoms with Gasteiger partial charge in [0.2, 0.25) is 0 Å². The Hall–Kier alpha value is -1.09. The topological polar surface area (TPSA) is 66.8 Å². The van der Waals surface area contributed by atoms with Gasteiger partial charge in [0.15, 0.2) is 0 Å². The molecule has 4 nitrogen and oxygen atoms in total. The first-order chi connectivity index (χ1) is 21.9. The van der Waals surface area contributed by atoms with E-state index >= 15 is 0 Å². The SMILES string of the molecule is CC(C)(Sc1cc(C(C)(C)C)c(O)c(C(C)(C)C)c1)Sc1cc(C(C)(C)C)c(O)c(C(C)(C)CCOC(=O)CCCCC2CCSS2)c1. The summed E-state index contributed by atoms with van der Waals surface area (Å²) in [4.78, 5) is 14.8. The van der Waals surface area contributed by atoms with Gasteiger partial charge in [-0.3, -0.25) is 4.79 Å². The van der Waals surface area contributed by atoms with Crippen LogP contribution in [0.2, 0.25) is 0 Å². The summed E-state index contributed by atoms with van der Waals surface area (Å²) >= 11 is 3.59. The minimum Gasteiger partial charge on any atom is -0.507 e. The molecule has 0 aromatic heterocycles. The van der Waals surface area contributed by atoms with Gasteiger partial charge in [-0.1, -0.05) is 104 Å². The van der Waals surface area contributed by atoms with Gasteiger partial charge in [0.05, 0.1) is 10.7 Å². The lowest BCUT2D eigenvalue weighted by Crippen LogP contribution is -2.23. The van der Waals surface area contributed by atoms with Crippen LogP contribution in [-0.2, 0) is 31.2 Å². The fraction of sp³-hybridized carbons (Fsp3) is 0.675. The van der Waals surface area contributed by atoms with Crippen molar-refractivity contribution in [3.05, 3.63) is 46.5 Å². The fourth-order valence-corrected chi connectivity index (χ4v) is 11.6. The third-order valence-corrected chi connectivity index (χ3v) is 14.4. The molecule has 1 unspecified atom stereocenters. The number of phenols is 2. The van der Waals surface area contributed by atoms with Crippen molar-refractivity contribution >= 4 is 51.1 Å². The van der Waals surface area contributed by atoms with Crippen LogP contribution in [0.1, 0.15) is 151 Å². The number of benzene rings is 2. The van der Waals surface area contributed by atoms with Crippen LogP contribution in [0.25, 0.3) is 0 Å². The fourth-order valence-electron chi connectivity index (χ4n) is 5.99. The Morgan fingerprint density at radius 1 is 0.750 bits per heavy atom. The molecule has 0 saturated carbocycles. The van der Waals surface area contributed by atoms with Gasteiger partial charge in [0, 0.05) is 49.5 Å². The summed E-state index contributed by atoms with van der Waals surface area (Å²) in [6.45, 7) is 28.4. The second-order valence-corrected chi connectivity index (χ2v) is 24.0. The van der Waals surface area contributed by atoms with Crippen LogP contribution >= 0.6 is 45.1 Å². The van der Waals surface area contributed by atoms with Crippen molar-refractivity contribution in [1.29, 1.82) is 0 Å². The Morgan fingerprint density at radius 3 is 1.65 bits per heavy atom. The molecule has 3 rings (SSSR count). The van der Waals surface area contributed by atoms with E-state index in [1.54, 1.807) is 23.5 Å². The minimum atomic E-state index is -0.407. The summed E-state index contributed by atoms with van der Waals surface area (Å²) in [7, 11) is 3.96. The number of hydrogen-bond donors (Lipinski definition) is 2. The molecule has 0 spiro atoms. The van der Waals surface area contributed by atoms with Crippen molar-refractivity contribution in [2.75, 3.05) is 12.4 Å². The van der Waals surface area contributed by atoms with Crippen molar-refractivity contribution < 1.29 is 19.7 Å². The van der Waals surface area contributed by atoms with Crippen molar-refractivity contribution in [3.8, 4) is 11.5 Å². The number of phenolic OH excluding ortho intramolecular Hbond substituents is 2. The van der Waals surface area contributed by atoms with E-state index in [2.05, 4.69) is 114 Å². The molecule has 0 amide bonds. The molecule has 1 fully saturated rings. The van der Waals surface area contributed by atoms with Crippen LogP contribution < -0.4 is 0 Å². The van der Waals surface area contributed by atoms with Crippen LogP contribution in [0, 0.1) is 0 Å². The van der Waals surface area contributed by atoms with Gasteiger partial charge >= 0.3 is 5.97 Å². The number of esters is 1. The molecule has 48 heavy (non-hydrogen) atoms. The molecule has 1 aliphatic heterocycles. The molecule has 0 aliphatic carbocycles. The summed E-state index contributed by atoms with van der Waals surface area (Å²) in [6.07, 6.45) is 5.51. The van der Waals surface area contributed by atoms with Crippen molar-refractivity contribution in [2.24, 2.45) is 0 Å². The molecule has 8 heteroatoms. The lowest BCUT2D eigenvalue weighted by Gasteiger charge is -2.32. The van der Waals surface area contributed by atoms with E-state index in [0.29, 0.717) is 30.9 Å². The molecule has 2 N–H and O–H groups in total. The molecule has 0 bridgehead atoms. The number of thioether (sulfide) groups is 2. The first-order valence-corrected chi connectivity index (χ1v) is 21.5. The normalized spacial score (nSPS) is 16.4. The van der Waals surface area contributed by atoms with E-state index in [1.807, 2.05) is 21.6 Å². The number of carbonyl (C=O) groups excluding carboxylic acids is 1. The summed E-state index contributed by atoms with van der Waals surface area (Å²) in [5.74, 6) is 1.85. The predicted octanol–water partition coefficient (Wildman–Crippen LogP) is 12.5. The number of ether oxygens (including phenoxy) is 1. The Kier molecular flexibility index (Phi) is 13.8. The first-order valence-electron chi connectivity index (χ1n) is 17.5. The molecular weight excluding hydrogens is 673 g/mol. The van der Waals surface area contributed by atoms with E-state index in [9.17, 15) is 15.0 Å². The largest absolute Gasteiger partial charge is 0.507 e. The average molecular weight is 735 g/mol. The number of unbranched alkanes of at least 4 members (excludes halogenated alkanes) is 1. The number of hydrogen-bond acceptors (Lipinski definition) is 8. The Bertz CT molecular complexity index is 1370. The standard InChI is InChI=1S/C40H62O4S4/c1-36(2,3)29-22-27(23-30(34(29)42)37(4,5)6)46-40(12,13)47-28-24-31(38(7,8)9)35(43)32(25-28)39(10,11)19-20-44-33(41)17-15-14-16-26-18-21-45-48-26/h22-26,42-43H,14-21H2,1-13H3. The van der Waals surface area contributed by atoms with Crippen LogP contribution in [-0.4, -0.2) is 37.9 Å². The van der Waals surface area contributed by atoms with Gasteiger partial charge in [0.1, 0.15) is 11.5 Å². The molecule has 1 aliphatic rings. The summed E-state index contributed by atoms with van der Waals surface area (Å²) in [5, 5.41) is 23.7. The summed E-state index contributed by atoms with van der Waals surface area (Å²) < 4.78 is 5.45. The molecule has 1 atom stereocenters. The van der Waals surface area contributed by atoms with Crippen LogP contribution in [0.4, 0.5) is 0 Å². The van der Waals surface area contributed by atoms with Crippen molar-refractivity contribution in [2.45, 2.75) is 169 Å². The second-order valence-electron chi connectivity index (χ2n) is 17.5. The zero-order chi connectivity index (χ0) is 36.3. The molecule has 0 radical (unpaired) electrons. The summed E-state index contributed by atoms with van der Waals surface area (Å²) in [5.41, 5.74) is 2.67. The highest BCUT2D eigenvalue weighted by Crippen LogP contribution is 2.51. The number of carbonyl (C=O) groups is 1. The number of rotatable bonds is 13. The highest BCUT2D eigenvalue weighted by Gasteiger charge is 2.33. The first kappa shape index (κ1) is 41.3. The Labute approximate surface area is 308 Å². The maximum Gasteiger partial charge on any atom is 0.305 e. The Morgan fingerprint density at radius 2 is 1.21 bits per heavy atom. The van der Waals surface area contributed by atoms with Crippen molar-refractivity contribution in [1.82, 2.24) is 0 Å². The summed E-state index contributed by atoms with van der Waals surface area (Å²) in [6, 6.07) is 8.58. The van der Waals surface area contributed by atoms with Gasteiger partial charge in [-0.2, -0.15) is 0 Å². The molecule has 2 aromatic carbocycles. The third-order valence-electron chi connectivity index (χ3n) is 8.92. The molecule has 1 heterocycles. The molecule has 270 valence electrons. The Balaban J connectivity index is 1.80. The zero-order valence-corrected chi connectivity index (χ0v) is 35.2. The second kappa shape index (κ2) is 16.1. The van der Waals surface area contributed by atoms with Crippen molar-refractivity contribution in [3.63, 3.8) is 0 Å². The van der Waals surface area contributed by atoms with Gasteiger partial charge in [-0.25, -0.2) is 0 Å². The van der Waals surface area contributed by atoms with E-state index in [4.69, 9.17) is 4.74 Å². The predicted molar refractivity (Wildman–Crippen MR) is 214 cm³/mol. The molecular formula is C40H62O4S4. The lowest BCUT2D eigenvalue weighted by molar-refractivity contribution is -0.144. The highest BCUT2D eigenvalue weighted by atomic mass is 33.1. The quantitative estimate of drug-likeness (QED) is 0.0693. The van der Waals surface area contributed by atoms with E-state index in [-0.39, 0.29) is 26.3 Å². The highest BCUT2D eigenvalue weighted by molar-refractivity contribution is 8.77. The zero-order valence-electron chi connectivity index (χ0n) is 31.9. The van der Waals surface area contributed by atoms with Gasteiger partial charge in [-0.05, 0) is 85.5 Å². The molecule has 1 saturated heterocycles. The third kappa shape index (κ3) is 11.7. The van der Waals surface area contributed by atoms with Crippen LogP contribution in [0.15, 0.2) is 34.1 Å². The van der Waals surface area contributed by atoms with Crippen LogP contribution in [0.3, 0.4) is 0 Å². The van der Waals surface area contributed by atoms with Gasteiger partial charge < -0.3 is 14.9 Å². The monoisotopic (exact) mass is 734 g/mol. The minimum absolute atomic E-state index is 0.125. The maximum absolute atomic E-state index is 12.5. The van der Waals surface area contributed by atoms with E-state index < -0.39 is 5.41 Å². The smallest absolute Gasteiger partial charge is 0.305 e. The van der Waals surface area contributed by atoms with Gasteiger partial charge in [0.25, 0.3) is 0 Å². The maximum atomic E-state index is 12.5.